The van der Waals surface area contributed by atoms with Gasteiger partial charge in [-0.15, -0.1) is 0 Å². The minimum absolute atomic E-state index is 0.544. The largest absolute Gasteiger partial charge is 0.317 e. The van der Waals surface area contributed by atoms with Gasteiger partial charge in [0.2, 0.25) is 0 Å². The second-order valence-corrected chi connectivity index (χ2v) is 6.64. The smallest absolute Gasteiger partial charge is 0.0117 e. The van der Waals surface area contributed by atoms with Gasteiger partial charge in [-0.25, -0.2) is 0 Å². The van der Waals surface area contributed by atoms with E-state index in [1.165, 1.54) is 65.0 Å². The van der Waals surface area contributed by atoms with Crippen molar-refractivity contribution < 1.29 is 0 Å². The van der Waals surface area contributed by atoms with Crippen LogP contribution in [-0.4, -0.2) is 62.2 Å². The number of piperidine rings is 2. The maximum atomic E-state index is 3.48. The van der Waals surface area contributed by atoms with Gasteiger partial charge in [0.25, 0.3) is 0 Å². The lowest BCUT2D eigenvalue weighted by molar-refractivity contribution is 0.0785. The predicted octanol–water partition coefficient (Wildman–Crippen LogP) is 1.79. The predicted molar refractivity (Wildman–Crippen MR) is 78.0 cm³/mol. The Hall–Kier alpha value is -0.120. The summed E-state index contributed by atoms with van der Waals surface area (Å²) in [6.07, 6.45) is 5.40. The summed E-state index contributed by atoms with van der Waals surface area (Å²) in [5.41, 5.74) is 0.544. The third-order valence-corrected chi connectivity index (χ3v) is 5.07. The molecule has 0 aromatic rings. The molecule has 0 radical (unpaired) electrons. The Labute approximate surface area is 113 Å². The van der Waals surface area contributed by atoms with E-state index in [2.05, 4.69) is 36.0 Å². The lowest BCUT2D eigenvalue weighted by Gasteiger charge is -2.42. The fraction of sp³-hybridized carbons (Fsp3) is 1.00. The molecule has 2 saturated heterocycles. The SMILES string of the molecule is CCN1CCC(N(C)CC2(C)CCNCC2)CC1. The molecule has 1 N–H and O–H groups in total. The molecule has 0 bridgehead atoms. The van der Waals surface area contributed by atoms with Crippen LogP contribution in [0.1, 0.15) is 39.5 Å². The Kier molecular flexibility index (Phi) is 5.05. The summed E-state index contributed by atoms with van der Waals surface area (Å²) in [6, 6.07) is 0.819. The fourth-order valence-corrected chi connectivity index (χ4v) is 3.60. The molecule has 0 saturated carbocycles. The van der Waals surface area contributed by atoms with Gasteiger partial charge in [-0.1, -0.05) is 13.8 Å². The minimum Gasteiger partial charge on any atom is -0.317 e. The minimum atomic E-state index is 0.544. The van der Waals surface area contributed by atoms with Crippen molar-refractivity contribution in [1.82, 2.24) is 15.1 Å². The molecule has 3 heteroatoms. The third kappa shape index (κ3) is 3.69. The van der Waals surface area contributed by atoms with Gasteiger partial charge in [0.05, 0.1) is 0 Å². The van der Waals surface area contributed by atoms with Crippen LogP contribution in [0.3, 0.4) is 0 Å². The monoisotopic (exact) mass is 253 g/mol. The first kappa shape index (κ1) is 14.3. The van der Waals surface area contributed by atoms with Crippen LogP contribution in [0.4, 0.5) is 0 Å². The van der Waals surface area contributed by atoms with Crippen LogP contribution >= 0.6 is 0 Å². The molecule has 2 aliphatic rings. The summed E-state index contributed by atoms with van der Waals surface area (Å²) in [6.45, 7) is 12.3. The number of likely N-dealkylation sites (tertiary alicyclic amines) is 1. The van der Waals surface area contributed by atoms with Crippen LogP contribution in [0.5, 0.6) is 0 Å². The molecule has 3 nitrogen and oxygen atoms in total. The number of hydrogen-bond acceptors (Lipinski definition) is 3. The van der Waals surface area contributed by atoms with E-state index in [1.54, 1.807) is 0 Å². The summed E-state index contributed by atoms with van der Waals surface area (Å²) in [5, 5.41) is 3.48. The average Bonchev–Trinajstić information content (AvgIpc) is 2.39. The van der Waals surface area contributed by atoms with Crippen LogP contribution in [0, 0.1) is 5.41 Å². The van der Waals surface area contributed by atoms with Crippen molar-refractivity contribution in [3.05, 3.63) is 0 Å². The molecule has 2 rings (SSSR count). The van der Waals surface area contributed by atoms with Gasteiger partial charge in [-0.05, 0) is 70.9 Å². The Morgan fingerprint density at radius 2 is 1.83 bits per heavy atom. The zero-order chi connectivity index (χ0) is 13.0. The van der Waals surface area contributed by atoms with E-state index < -0.39 is 0 Å². The highest BCUT2D eigenvalue weighted by Crippen LogP contribution is 2.30. The number of rotatable bonds is 4. The van der Waals surface area contributed by atoms with Crippen molar-refractivity contribution in [2.24, 2.45) is 5.41 Å². The summed E-state index contributed by atoms with van der Waals surface area (Å²) < 4.78 is 0. The first-order valence-electron chi connectivity index (χ1n) is 7.76. The maximum Gasteiger partial charge on any atom is 0.0117 e. The lowest BCUT2D eigenvalue weighted by atomic mass is 9.80. The van der Waals surface area contributed by atoms with Crippen molar-refractivity contribution in [2.75, 3.05) is 46.3 Å². The zero-order valence-corrected chi connectivity index (χ0v) is 12.5. The second kappa shape index (κ2) is 6.36. The van der Waals surface area contributed by atoms with Gasteiger partial charge in [0, 0.05) is 12.6 Å². The average molecular weight is 253 g/mol. The van der Waals surface area contributed by atoms with Crippen LogP contribution in [-0.2, 0) is 0 Å². The molecule has 18 heavy (non-hydrogen) atoms. The number of nitrogens with zero attached hydrogens (tertiary/aromatic N) is 2. The van der Waals surface area contributed by atoms with Crippen LogP contribution in [0.25, 0.3) is 0 Å². The van der Waals surface area contributed by atoms with E-state index in [4.69, 9.17) is 0 Å². The summed E-state index contributed by atoms with van der Waals surface area (Å²) in [4.78, 5) is 5.23. The molecule has 106 valence electrons. The fourth-order valence-electron chi connectivity index (χ4n) is 3.60. The molecule has 0 aromatic heterocycles. The molecular weight excluding hydrogens is 222 g/mol. The molecular formula is C15H31N3. The van der Waals surface area contributed by atoms with E-state index >= 15 is 0 Å². The first-order valence-corrected chi connectivity index (χ1v) is 7.76. The van der Waals surface area contributed by atoms with Crippen molar-refractivity contribution in [3.8, 4) is 0 Å². The van der Waals surface area contributed by atoms with E-state index in [-0.39, 0.29) is 0 Å². The second-order valence-electron chi connectivity index (χ2n) is 6.64. The lowest BCUT2D eigenvalue weighted by Crippen LogP contribution is -2.48. The summed E-state index contributed by atoms with van der Waals surface area (Å²) >= 11 is 0. The van der Waals surface area contributed by atoms with E-state index in [9.17, 15) is 0 Å². The molecule has 2 fully saturated rings. The molecule has 0 unspecified atom stereocenters. The van der Waals surface area contributed by atoms with Gasteiger partial charge in [0.1, 0.15) is 0 Å². The summed E-state index contributed by atoms with van der Waals surface area (Å²) in [5.74, 6) is 0. The van der Waals surface area contributed by atoms with Crippen molar-refractivity contribution in [1.29, 1.82) is 0 Å². The van der Waals surface area contributed by atoms with E-state index in [0.29, 0.717) is 5.41 Å². The third-order valence-electron chi connectivity index (χ3n) is 5.07. The van der Waals surface area contributed by atoms with Crippen molar-refractivity contribution in [3.63, 3.8) is 0 Å². The molecule has 2 aliphatic heterocycles. The van der Waals surface area contributed by atoms with Crippen LogP contribution in [0.15, 0.2) is 0 Å². The quantitative estimate of drug-likeness (QED) is 0.824. The highest BCUT2D eigenvalue weighted by atomic mass is 15.2. The normalized spacial score (nSPS) is 26.7. The van der Waals surface area contributed by atoms with Crippen molar-refractivity contribution in [2.45, 2.75) is 45.6 Å². The Morgan fingerprint density at radius 3 is 2.39 bits per heavy atom. The van der Waals surface area contributed by atoms with Gasteiger partial charge in [-0.3, -0.25) is 0 Å². The Balaban J connectivity index is 1.79. The van der Waals surface area contributed by atoms with Gasteiger partial charge in [0.15, 0.2) is 0 Å². The maximum absolute atomic E-state index is 3.48. The molecule has 0 aromatic carbocycles. The van der Waals surface area contributed by atoms with E-state index in [0.717, 1.165) is 6.04 Å². The molecule has 0 amide bonds. The van der Waals surface area contributed by atoms with Crippen LogP contribution < -0.4 is 5.32 Å². The van der Waals surface area contributed by atoms with E-state index in [1.807, 2.05) is 0 Å². The van der Waals surface area contributed by atoms with Gasteiger partial charge < -0.3 is 15.1 Å². The van der Waals surface area contributed by atoms with Crippen LogP contribution in [0.2, 0.25) is 0 Å². The topological polar surface area (TPSA) is 18.5 Å². The Bertz CT molecular complexity index is 240. The number of hydrogen-bond donors (Lipinski definition) is 1. The molecule has 2 heterocycles. The standard InChI is InChI=1S/C15H31N3/c1-4-18-11-5-14(6-12-18)17(3)13-15(2)7-9-16-10-8-15/h14,16H,4-13H2,1-3H3. The molecule has 0 aliphatic carbocycles. The van der Waals surface area contributed by atoms with Gasteiger partial charge in [-0.2, -0.15) is 0 Å². The highest BCUT2D eigenvalue weighted by molar-refractivity contribution is 4.86. The number of nitrogens with one attached hydrogen (secondary N) is 1. The van der Waals surface area contributed by atoms with Crippen molar-refractivity contribution >= 4 is 0 Å². The molecule has 0 spiro atoms. The Morgan fingerprint density at radius 1 is 1.22 bits per heavy atom. The highest BCUT2D eigenvalue weighted by Gasteiger charge is 2.31. The first-order chi connectivity index (χ1) is 8.63. The summed E-state index contributed by atoms with van der Waals surface area (Å²) in [7, 11) is 2.35. The zero-order valence-electron chi connectivity index (χ0n) is 12.5. The molecule has 0 atom stereocenters. The van der Waals surface area contributed by atoms with Gasteiger partial charge >= 0.3 is 0 Å².